The molecule has 0 saturated heterocycles. The number of aliphatic hydroxyl groups excluding tert-OH is 1. The third-order valence-corrected chi connectivity index (χ3v) is 3.93. The number of rotatable bonds is 1. The standard InChI is InChI=1S/C14H18O2/c1-9-5-6-13-11(7-9)12(15)8-14(16-13)10-3-2-4-10/h5-7,10,12,14-15H,2-4,8H2,1H3/t12-,14?/m1/s1. The highest BCUT2D eigenvalue weighted by atomic mass is 16.5. The Bertz CT molecular complexity index is 396. The molecule has 1 saturated carbocycles. The van der Waals surface area contributed by atoms with Crippen molar-refractivity contribution in [1.29, 1.82) is 0 Å². The average molecular weight is 218 g/mol. The van der Waals surface area contributed by atoms with Crippen molar-refractivity contribution < 1.29 is 9.84 Å². The molecule has 2 aliphatic rings. The molecule has 1 unspecified atom stereocenters. The molecule has 1 heterocycles. The molecule has 0 aromatic heterocycles. The Labute approximate surface area is 96.2 Å². The van der Waals surface area contributed by atoms with E-state index in [9.17, 15) is 5.11 Å². The van der Waals surface area contributed by atoms with Gasteiger partial charge >= 0.3 is 0 Å². The fourth-order valence-electron chi connectivity index (χ4n) is 2.69. The summed E-state index contributed by atoms with van der Waals surface area (Å²) in [5.74, 6) is 1.56. The highest BCUT2D eigenvalue weighted by Gasteiger charge is 2.35. The summed E-state index contributed by atoms with van der Waals surface area (Å²) in [6, 6.07) is 6.09. The number of hydrogen-bond acceptors (Lipinski definition) is 2. The topological polar surface area (TPSA) is 29.5 Å². The Kier molecular flexibility index (Phi) is 2.40. The predicted molar refractivity (Wildman–Crippen MR) is 62.5 cm³/mol. The van der Waals surface area contributed by atoms with Gasteiger partial charge in [0.05, 0.1) is 6.10 Å². The Morgan fingerprint density at radius 3 is 2.81 bits per heavy atom. The van der Waals surface area contributed by atoms with Crippen LogP contribution in [-0.2, 0) is 0 Å². The molecule has 0 radical (unpaired) electrons. The SMILES string of the molecule is Cc1ccc2c(c1)[C@H](O)CC(C1CCC1)O2. The van der Waals surface area contributed by atoms with Gasteiger partial charge in [-0.15, -0.1) is 0 Å². The van der Waals surface area contributed by atoms with Gasteiger partial charge in [0.1, 0.15) is 11.9 Å². The van der Waals surface area contributed by atoms with Gasteiger partial charge in [-0.25, -0.2) is 0 Å². The van der Waals surface area contributed by atoms with E-state index < -0.39 is 0 Å². The van der Waals surface area contributed by atoms with Crippen LogP contribution in [0.1, 0.15) is 42.9 Å². The minimum atomic E-state index is -0.339. The van der Waals surface area contributed by atoms with Crippen molar-refractivity contribution in [1.82, 2.24) is 0 Å². The zero-order chi connectivity index (χ0) is 11.1. The summed E-state index contributed by atoms with van der Waals surface area (Å²) >= 11 is 0. The molecular formula is C14H18O2. The second-order valence-corrected chi connectivity index (χ2v) is 5.14. The van der Waals surface area contributed by atoms with Gasteiger partial charge in [-0.3, -0.25) is 0 Å². The van der Waals surface area contributed by atoms with E-state index in [0.29, 0.717) is 5.92 Å². The number of benzene rings is 1. The predicted octanol–water partition coefficient (Wildman–Crippen LogP) is 2.98. The lowest BCUT2D eigenvalue weighted by Crippen LogP contribution is -2.36. The number of aliphatic hydroxyl groups is 1. The molecule has 1 aromatic carbocycles. The Morgan fingerprint density at radius 1 is 1.31 bits per heavy atom. The molecule has 2 atom stereocenters. The van der Waals surface area contributed by atoms with E-state index in [1.54, 1.807) is 0 Å². The maximum atomic E-state index is 10.1. The minimum Gasteiger partial charge on any atom is -0.490 e. The Hall–Kier alpha value is -1.02. The summed E-state index contributed by atoms with van der Waals surface area (Å²) in [4.78, 5) is 0. The molecule has 1 aromatic rings. The zero-order valence-electron chi connectivity index (χ0n) is 9.65. The van der Waals surface area contributed by atoms with Crippen molar-refractivity contribution in [2.24, 2.45) is 5.92 Å². The molecule has 0 amide bonds. The largest absolute Gasteiger partial charge is 0.490 e. The van der Waals surface area contributed by atoms with Crippen LogP contribution in [-0.4, -0.2) is 11.2 Å². The second kappa shape index (κ2) is 3.77. The summed E-state index contributed by atoms with van der Waals surface area (Å²) in [6.07, 6.45) is 4.51. The van der Waals surface area contributed by atoms with Crippen LogP contribution in [0.15, 0.2) is 18.2 Å². The Morgan fingerprint density at radius 2 is 2.12 bits per heavy atom. The van der Waals surface area contributed by atoms with Crippen LogP contribution in [0, 0.1) is 12.8 Å². The van der Waals surface area contributed by atoms with E-state index in [1.807, 2.05) is 19.1 Å². The van der Waals surface area contributed by atoms with Gasteiger partial charge in [-0.1, -0.05) is 18.1 Å². The third-order valence-electron chi connectivity index (χ3n) is 3.93. The first kappa shape index (κ1) is 10.2. The van der Waals surface area contributed by atoms with Crippen molar-refractivity contribution in [2.45, 2.75) is 44.8 Å². The van der Waals surface area contributed by atoms with Crippen LogP contribution in [0.3, 0.4) is 0 Å². The van der Waals surface area contributed by atoms with Crippen molar-refractivity contribution in [3.8, 4) is 5.75 Å². The van der Waals surface area contributed by atoms with Crippen LogP contribution in [0.25, 0.3) is 0 Å². The number of fused-ring (bicyclic) bond motifs is 1. The van der Waals surface area contributed by atoms with Crippen LogP contribution in [0.2, 0.25) is 0 Å². The summed E-state index contributed by atoms with van der Waals surface area (Å²) in [5, 5.41) is 10.1. The smallest absolute Gasteiger partial charge is 0.125 e. The van der Waals surface area contributed by atoms with Gasteiger partial charge in [0.2, 0.25) is 0 Å². The lowest BCUT2D eigenvalue weighted by atomic mass is 9.78. The number of ether oxygens (including phenoxy) is 1. The summed E-state index contributed by atoms with van der Waals surface area (Å²) in [7, 11) is 0. The molecule has 0 spiro atoms. The van der Waals surface area contributed by atoms with Crippen LogP contribution in [0.5, 0.6) is 5.75 Å². The zero-order valence-corrected chi connectivity index (χ0v) is 9.65. The lowest BCUT2D eigenvalue weighted by molar-refractivity contribution is 0.0105. The van der Waals surface area contributed by atoms with Gasteiger partial charge in [0.25, 0.3) is 0 Å². The second-order valence-electron chi connectivity index (χ2n) is 5.14. The van der Waals surface area contributed by atoms with E-state index in [1.165, 1.54) is 24.8 Å². The van der Waals surface area contributed by atoms with Gasteiger partial charge < -0.3 is 9.84 Å². The molecular weight excluding hydrogens is 200 g/mol. The molecule has 86 valence electrons. The average Bonchev–Trinajstić information content (AvgIpc) is 2.17. The molecule has 2 nitrogen and oxygen atoms in total. The fourth-order valence-corrected chi connectivity index (χ4v) is 2.69. The Balaban J connectivity index is 1.87. The minimum absolute atomic E-state index is 0.235. The molecule has 3 rings (SSSR count). The lowest BCUT2D eigenvalue weighted by Gasteiger charge is -2.38. The van der Waals surface area contributed by atoms with Crippen LogP contribution >= 0.6 is 0 Å². The molecule has 16 heavy (non-hydrogen) atoms. The van der Waals surface area contributed by atoms with E-state index in [-0.39, 0.29) is 12.2 Å². The van der Waals surface area contributed by atoms with Crippen LogP contribution in [0.4, 0.5) is 0 Å². The molecule has 1 N–H and O–H groups in total. The highest BCUT2D eigenvalue weighted by molar-refractivity contribution is 5.40. The van der Waals surface area contributed by atoms with Crippen LogP contribution < -0.4 is 4.74 Å². The molecule has 2 heteroatoms. The maximum Gasteiger partial charge on any atom is 0.125 e. The van der Waals surface area contributed by atoms with Crippen molar-refractivity contribution in [2.75, 3.05) is 0 Å². The molecule has 1 aliphatic heterocycles. The molecule has 1 aliphatic carbocycles. The first-order valence-corrected chi connectivity index (χ1v) is 6.19. The van der Waals surface area contributed by atoms with Gasteiger partial charge in [-0.05, 0) is 37.8 Å². The third kappa shape index (κ3) is 1.61. The first-order valence-electron chi connectivity index (χ1n) is 6.19. The summed E-state index contributed by atoms with van der Waals surface area (Å²) < 4.78 is 6.00. The van der Waals surface area contributed by atoms with Gasteiger partial charge in [-0.2, -0.15) is 0 Å². The first-order chi connectivity index (χ1) is 7.74. The quantitative estimate of drug-likeness (QED) is 0.785. The van der Waals surface area contributed by atoms with Gasteiger partial charge in [0, 0.05) is 12.0 Å². The van der Waals surface area contributed by atoms with Crippen molar-refractivity contribution in [3.63, 3.8) is 0 Å². The fraction of sp³-hybridized carbons (Fsp3) is 0.571. The van der Waals surface area contributed by atoms with Crippen molar-refractivity contribution >= 4 is 0 Å². The maximum absolute atomic E-state index is 10.1. The van der Waals surface area contributed by atoms with Gasteiger partial charge in [0.15, 0.2) is 0 Å². The van der Waals surface area contributed by atoms with E-state index in [2.05, 4.69) is 6.07 Å². The summed E-state index contributed by atoms with van der Waals surface area (Å²) in [6.45, 7) is 2.05. The highest BCUT2D eigenvalue weighted by Crippen LogP contribution is 2.42. The molecule has 0 bridgehead atoms. The number of aryl methyl sites for hydroxylation is 1. The van der Waals surface area contributed by atoms with E-state index >= 15 is 0 Å². The summed E-state index contributed by atoms with van der Waals surface area (Å²) in [5.41, 5.74) is 2.15. The normalized spacial score (nSPS) is 29.1. The molecule has 1 fully saturated rings. The van der Waals surface area contributed by atoms with Crippen molar-refractivity contribution in [3.05, 3.63) is 29.3 Å². The number of hydrogen-bond donors (Lipinski definition) is 1. The van der Waals surface area contributed by atoms with E-state index in [0.717, 1.165) is 17.7 Å². The van der Waals surface area contributed by atoms with E-state index in [4.69, 9.17) is 4.74 Å². The monoisotopic (exact) mass is 218 g/mol.